The largest absolute Gasteiger partial charge is 0.508 e. The molecule has 1 aromatic carbocycles. The van der Waals surface area contributed by atoms with Crippen LogP contribution in [-0.4, -0.2) is 22.1 Å². The molecule has 0 aliphatic rings. The molecular weight excluding hydrogens is 226 g/mol. The molecule has 0 bridgehead atoms. The van der Waals surface area contributed by atoms with Gasteiger partial charge in [-0.1, -0.05) is 0 Å². The molecule has 4 heteroatoms. The van der Waals surface area contributed by atoms with Gasteiger partial charge in [-0.2, -0.15) is 0 Å². The summed E-state index contributed by atoms with van der Waals surface area (Å²) < 4.78 is 0. The Morgan fingerprint density at radius 1 is 1.06 bits per heavy atom. The molecule has 1 heterocycles. The van der Waals surface area contributed by atoms with Gasteiger partial charge in [0.05, 0.1) is 0 Å². The van der Waals surface area contributed by atoms with Crippen LogP contribution >= 0.6 is 0 Å². The predicted molar refractivity (Wildman–Crippen MR) is 71.4 cm³/mol. The molecule has 1 aromatic heterocycles. The SMILES string of the molecule is CNCc1c(C)nc(-c2ccc(O)cc2)nc1C. The molecule has 18 heavy (non-hydrogen) atoms. The van der Waals surface area contributed by atoms with Crippen LogP contribution in [-0.2, 0) is 6.54 Å². The molecule has 94 valence electrons. The van der Waals surface area contributed by atoms with Gasteiger partial charge >= 0.3 is 0 Å². The maximum absolute atomic E-state index is 9.28. The monoisotopic (exact) mass is 243 g/mol. The second-order valence-electron chi connectivity index (χ2n) is 4.27. The lowest BCUT2D eigenvalue weighted by molar-refractivity contribution is 0.475. The van der Waals surface area contributed by atoms with Gasteiger partial charge < -0.3 is 10.4 Å². The first-order chi connectivity index (χ1) is 8.61. The molecule has 0 radical (unpaired) electrons. The summed E-state index contributed by atoms with van der Waals surface area (Å²) in [5.74, 6) is 0.948. The number of benzene rings is 1. The number of rotatable bonds is 3. The molecule has 0 unspecified atom stereocenters. The number of phenolic OH excluding ortho intramolecular Hbond substituents is 1. The fourth-order valence-electron chi connectivity index (χ4n) is 1.91. The second kappa shape index (κ2) is 5.14. The Morgan fingerprint density at radius 2 is 1.61 bits per heavy atom. The van der Waals surface area contributed by atoms with Crippen LogP contribution in [0.3, 0.4) is 0 Å². The van der Waals surface area contributed by atoms with E-state index < -0.39 is 0 Å². The van der Waals surface area contributed by atoms with Gasteiger partial charge in [-0.15, -0.1) is 0 Å². The van der Waals surface area contributed by atoms with E-state index in [9.17, 15) is 5.11 Å². The van der Waals surface area contributed by atoms with Crippen LogP contribution < -0.4 is 5.32 Å². The maximum atomic E-state index is 9.28. The molecule has 2 aromatic rings. The van der Waals surface area contributed by atoms with Gasteiger partial charge in [0, 0.05) is 29.1 Å². The van der Waals surface area contributed by atoms with Crippen molar-refractivity contribution < 1.29 is 5.11 Å². The van der Waals surface area contributed by atoms with Crippen LogP contribution in [0.5, 0.6) is 5.75 Å². The van der Waals surface area contributed by atoms with Gasteiger partial charge in [0.1, 0.15) is 5.75 Å². The van der Waals surface area contributed by atoms with Crippen molar-refractivity contribution in [3.8, 4) is 17.1 Å². The van der Waals surface area contributed by atoms with E-state index in [1.165, 1.54) is 0 Å². The molecule has 0 aliphatic carbocycles. The lowest BCUT2D eigenvalue weighted by Gasteiger charge is -2.10. The molecule has 0 amide bonds. The van der Waals surface area contributed by atoms with Crippen molar-refractivity contribution in [1.29, 1.82) is 0 Å². The Morgan fingerprint density at radius 3 is 2.11 bits per heavy atom. The average Bonchev–Trinajstić information content (AvgIpc) is 2.34. The molecule has 2 N–H and O–H groups in total. The number of phenols is 1. The molecule has 0 aliphatic heterocycles. The molecule has 0 saturated heterocycles. The second-order valence-corrected chi connectivity index (χ2v) is 4.27. The zero-order valence-corrected chi connectivity index (χ0v) is 10.9. The number of nitrogens with zero attached hydrogens (tertiary/aromatic N) is 2. The fraction of sp³-hybridized carbons (Fsp3) is 0.286. The molecule has 2 rings (SSSR count). The van der Waals surface area contributed by atoms with Crippen molar-refractivity contribution in [1.82, 2.24) is 15.3 Å². The van der Waals surface area contributed by atoms with Crippen LogP contribution in [0.15, 0.2) is 24.3 Å². The first kappa shape index (κ1) is 12.5. The normalized spacial score (nSPS) is 10.6. The van der Waals surface area contributed by atoms with Gasteiger partial charge in [-0.25, -0.2) is 9.97 Å². The van der Waals surface area contributed by atoms with E-state index in [1.54, 1.807) is 12.1 Å². The Bertz CT molecular complexity index is 526. The number of hydrogen-bond acceptors (Lipinski definition) is 4. The van der Waals surface area contributed by atoms with Crippen molar-refractivity contribution in [2.24, 2.45) is 0 Å². The summed E-state index contributed by atoms with van der Waals surface area (Å²) in [7, 11) is 1.91. The molecular formula is C14H17N3O. The molecule has 0 fully saturated rings. The number of aromatic nitrogens is 2. The van der Waals surface area contributed by atoms with Gasteiger partial charge in [-0.3, -0.25) is 0 Å². The first-order valence-corrected chi connectivity index (χ1v) is 5.90. The van der Waals surface area contributed by atoms with Gasteiger partial charge in [0.25, 0.3) is 0 Å². The zero-order chi connectivity index (χ0) is 13.1. The van der Waals surface area contributed by atoms with Crippen LogP contribution in [0, 0.1) is 13.8 Å². The van der Waals surface area contributed by atoms with Crippen molar-refractivity contribution >= 4 is 0 Å². The van der Waals surface area contributed by atoms with Crippen molar-refractivity contribution in [2.45, 2.75) is 20.4 Å². The highest BCUT2D eigenvalue weighted by atomic mass is 16.3. The summed E-state index contributed by atoms with van der Waals surface area (Å²) in [6.07, 6.45) is 0. The Labute approximate surface area is 107 Å². The summed E-state index contributed by atoms with van der Waals surface area (Å²) in [5, 5.41) is 12.4. The number of hydrogen-bond donors (Lipinski definition) is 2. The van der Waals surface area contributed by atoms with Gasteiger partial charge in [0.15, 0.2) is 5.82 Å². The fourth-order valence-corrected chi connectivity index (χ4v) is 1.91. The summed E-state index contributed by atoms with van der Waals surface area (Å²) in [4.78, 5) is 9.04. The topological polar surface area (TPSA) is 58.0 Å². The lowest BCUT2D eigenvalue weighted by Crippen LogP contribution is -2.11. The molecule has 4 nitrogen and oxygen atoms in total. The summed E-state index contributed by atoms with van der Waals surface area (Å²) in [6, 6.07) is 6.93. The summed E-state index contributed by atoms with van der Waals surface area (Å²) in [6.45, 7) is 4.75. The third-order valence-corrected chi connectivity index (χ3v) is 2.90. The van der Waals surface area contributed by atoms with Gasteiger partial charge in [-0.05, 0) is 45.2 Å². The minimum atomic E-state index is 0.249. The van der Waals surface area contributed by atoms with Gasteiger partial charge in [0.2, 0.25) is 0 Å². The molecule has 0 spiro atoms. The van der Waals surface area contributed by atoms with E-state index in [2.05, 4.69) is 15.3 Å². The van der Waals surface area contributed by atoms with E-state index in [1.807, 2.05) is 33.0 Å². The van der Waals surface area contributed by atoms with E-state index in [4.69, 9.17) is 0 Å². The smallest absolute Gasteiger partial charge is 0.159 e. The quantitative estimate of drug-likeness (QED) is 0.867. The third-order valence-electron chi connectivity index (χ3n) is 2.90. The van der Waals surface area contributed by atoms with E-state index in [0.29, 0.717) is 5.82 Å². The van der Waals surface area contributed by atoms with Crippen LogP contribution in [0.4, 0.5) is 0 Å². The number of aryl methyl sites for hydroxylation is 2. The standard InChI is InChI=1S/C14H17N3O/c1-9-13(8-15-3)10(2)17-14(16-9)11-4-6-12(18)7-5-11/h4-7,15,18H,8H2,1-3H3. The van der Waals surface area contributed by atoms with Crippen molar-refractivity contribution in [3.63, 3.8) is 0 Å². The average molecular weight is 243 g/mol. The lowest BCUT2D eigenvalue weighted by atomic mass is 10.1. The minimum Gasteiger partial charge on any atom is -0.508 e. The predicted octanol–water partition coefficient (Wildman–Crippen LogP) is 2.19. The number of nitrogens with one attached hydrogen (secondary N) is 1. The van der Waals surface area contributed by atoms with E-state index in [0.717, 1.165) is 29.1 Å². The van der Waals surface area contributed by atoms with Crippen molar-refractivity contribution in [3.05, 3.63) is 41.2 Å². The molecule has 0 atom stereocenters. The summed E-state index contributed by atoms with van der Waals surface area (Å²) >= 11 is 0. The van der Waals surface area contributed by atoms with E-state index in [-0.39, 0.29) is 5.75 Å². The third kappa shape index (κ3) is 2.49. The highest BCUT2D eigenvalue weighted by Crippen LogP contribution is 2.20. The summed E-state index contributed by atoms with van der Waals surface area (Å²) in [5.41, 5.74) is 4.02. The zero-order valence-electron chi connectivity index (χ0n) is 10.9. The van der Waals surface area contributed by atoms with Crippen LogP contribution in [0.1, 0.15) is 17.0 Å². The highest BCUT2D eigenvalue weighted by Gasteiger charge is 2.09. The van der Waals surface area contributed by atoms with Crippen LogP contribution in [0.2, 0.25) is 0 Å². The minimum absolute atomic E-state index is 0.249. The first-order valence-electron chi connectivity index (χ1n) is 5.90. The molecule has 0 saturated carbocycles. The number of aromatic hydroxyl groups is 1. The Kier molecular flexibility index (Phi) is 3.58. The van der Waals surface area contributed by atoms with Crippen LogP contribution in [0.25, 0.3) is 11.4 Å². The Hall–Kier alpha value is -1.94. The Balaban J connectivity index is 2.44. The van der Waals surface area contributed by atoms with E-state index >= 15 is 0 Å². The van der Waals surface area contributed by atoms with Crippen molar-refractivity contribution in [2.75, 3.05) is 7.05 Å². The maximum Gasteiger partial charge on any atom is 0.159 e. The highest BCUT2D eigenvalue weighted by molar-refractivity contribution is 5.56.